The Morgan fingerprint density at radius 3 is 2.71 bits per heavy atom. The molecule has 21 heavy (non-hydrogen) atoms. The molecule has 1 heterocycles. The maximum atomic E-state index is 12.1. The summed E-state index contributed by atoms with van der Waals surface area (Å²) in [7, 11) is 0. The van der Waals surface area contributed by atoms with Gasteiger partial charge in [-0.2, -0.15) is 0 Å². The van der Waals surface area contributed by atoms with Crippen molar-refractivity contribution in [1.29, 1.82) is 0 Å². The summed E-state index contributed by atoms with van der Waals surface area (Å²) < 4.78 is 0. The highest BCUT2D eigenvalue weighted by Crippen LogP contribution is 2.22. The zero-order chi connectivity index (χ0) is 15.2. The van der Waals surface area contributed by atoms with Crippen molar-refractivity contribution in [3.8, 4) is 0 Å². The van der Waals surface area contributed by atoms with Crippen LogP contribution < -0.4 is 16.4 Å². The fourth-order valence-corrected chi connectivity index (χ4v) is 2.40. The Hall–Kier alpha value is -2.18. The van der Waals surface area contributed by atoms with Gasteiger partial charge in [0.05, 0.1) is 4.88 Å². The molecule has 0 bridgehead atoms. The first-order valence-electron chi connectivity index (χ1n) is 6.55. The summed E-state index contributed by atoms with van der Waals surface area (Å²) in [5.74, 6) is -0.296. The number of carbonyl (C=O) groups is 2. The second-order valence-electron chi connectivity index (χ2n) is 4.55. The van der Waals surface area contributed by atoms with Gasteiger partial charge in [0, 0.05) is 24.3 Å². The van der Waals surface area contributed by atoms with Gasteiger partial charge in [0.25, 0.3) is 5.91 Å². The largest absolute Gasteiger partial charge is 0.330 e. The van der Waals surface area contributed by atoms with Gasteiger partial charge in [0.1, 0.15) is 0 Å². The van der Waals surface area contributed by atoms with Crippen LogP contribution in [-0.4, -0.2) is 18.4 Å². The minimum atomic E-state index is -0.154. The maximum Gasteiger partial charge on any atom is 0.265 e. The van der Waals surface area contributed by atoms with Crippen LogP contribution in [0.3, 0.4) is 0 Å². The van der Waals surface area contributed by atoms with E-state index in [1.807, 2.05) is 24.4 Å². The number of carbonyl (C=O) groups excluding carboxylic acids is 2. The normalized spacial score (nSPS) is 10.2. The van der Waals surface area contributed by atoms with E-state index >= 15 is 0 Å². The van der Waals surface area contributed by atoms with Crippen LogP contribution >= 0.6 is 11.3 Å². The van der Waals surface area contributed by atoms with Gasteiger partial charge in [-0.25, -0.2) is 0 Å². The van der Waals surface area contributed by atoms with Crippen molar-refractivity contribution in [2.24, 2.45) is 5.73 Å². The molecule has 0 aliphatic heterocycles. The number of anilines is 2. The smallest absolute Gasteiger partial charge is 0.265 e. The first-order chi connectivity index (χ1) is 10.1. The van der Waals surface area contributed by atoms with E-state index in [2.05, 4.69) is 10.6 Å². The predicted octanol–water partition coefficient (Wildman–Crippen LogP) is 2.60. The first-order valence-corrected chi connectivity index (χ1v) is 7.43. The minimum Gasteiger partial charge on any atom is -0.330 e. The molecule has 0 spiro atoms. The minimum absolute atomic E-state index is 0.142. The molecule has 2 amide bonds. The van der Waals surface area contributed by atoms with Crippen molar-refractivity contribution in [3.63, 3.8) is 0 Å². The molecule has 0 saturated carbocycles. The summed E-state index contributed by atoms with van der Waals surface area (Å²) in [4.78, 5) is 24.2. The maximum absolute atomic E-state index is 12.1. The molecule has 5 nitrogen and oxygen atoms in total. The van der Waals surface area contributed by atoms with Gasteiger partial charge in [-0.15, -0.1) is 11.3 Å². The summed E-state index contributed by atoms with van der Waals surface area (Å²) in [6.07, 6.45) is 0.269. The molecule has 2 aromatic rings. The van der Waals surface area contributed by atoms with Gasteiger partial charge in [-0.3, -0.25) is 9.59 Å². The molecule has 0 unspecified atom stereocenters. The quantitative estimate of drug-likeness (QED) is 0.793. The molecule has 0 radical (unpaired) electrons. The molecule has 1 aromatic heterocycles. The zero-order valence-electron chi connectivity index (χ0n) is 11.7. The molecule has 4 N–H and O–H groups in total. The summed E-state index contributed by atoms with van der Waals surface area (Å²) >= 11 is 1.38. The van der Waals surface area contributed by atoms with Crippen molar-refractivity contribution in [1.82, 2.24) is 0 Å². The fourth-order valence-electron chi connectivity index (χ4n) is 1.78. The number of nitrogens with two attached hydrogens (primary N) is 1. The lowest BCUT2D eigenvalue weighted by Crippen LogP contribution is -2.16. The van der Waals surface area contributed by atoms with Crippen molar-refractivity contribution in [2.45, 2.75) is 13.3 Å². The van der Waals surface area contributed by atoms with Gasteiger partial charge in [-0.05, 0) is 36.1 Å². The summed E-state index contributed by atoms with van der Waals surface area (Å²) in [6.45, 7) is 2.20. The lowest BCUT2D eigenvalue weighted by atomic mass is 10.1. The van der Waals surface area contributed by atoms with Gasteiger partial charge in [0.2, 0.25) is 5.91 Å². The van der Waals surface area contributed by atoms with Crippen molar-refractivity contribution in [3.05, 3.63) is 46.2 Å². The SMILES string of the molecule is Cc1ccc(NC(=O)CCN)cc1NC(=O)c1cccs1. The molecular formula is C15H17N3O2S. The molecule has 2 rings (SSSR count). The third-order valence-corrected chi connectivity index (χ3v) is 3.75. The van der Waals surface area contributed by atoms with Gasteiger partial charge < -0.3 is 16.4 Å². The fraction of sp³-hybridized carbons (Fsp3) is 0.200. The van der Waals surface area contributed by atoms with E-state index in [-0.39, 0.29) is 18.2 Å². The lowest BCUT2D eigenvalue weighted by molar-refractivity contribution is -0.116. The molecular weight excluding hydrogens is 286 g/mol. The Morgan fingerprint density at radius 2 is 2.05 bits per heavy atom. The Balaban J connectivity index is 2.12. The van der Waals surface area contributed by atoms with Crippen LogP contribution in [0.5, 0.6) is 0 Å². The molecule has 0 fully saturated rings. The highest BCUT2D eigenvalue weighted by atomic mass is 32.1. The molecule has 6 heteroatoms. The number of hydrogen-bond acceptors (Lipinski definition) is 4. The van der Waals surface area contributed by atoms with Crippen LogP contribution in [0.1, 0.15) is 21.7 Å². The van der Waals surface area contributed by atoms with E-state index in [0.29, 0.717) is 22.8 Å². The number of hydrogen-bond donors (Lipinski definition) is 3. The van der Waals surface area contributed by atoms with Gasteiger partial charge in [0.15, 0.2) is 0 Å². The van der Waals surface area contributed by atoms with Crippen LogP contribution in [0.4, 0.5) is 11.4 Å². The highest BCUT2D eigenvalue weighted by molar-refractivity contribution is 7.12. The van der Waals surface area contributed by atoms with E-state index in [9.17, 15) is 9.59 Å². The lowest BCUT2D eigenvalue weighted by Gasteiger charge is -2.11. The van der Waals surface area contributed by atoms with Crippen molar-refractivity contribution >= 4 is 34.5 Å². The predicted molar refractivity (Wildman–Crippen MR) is 85.8 cm³/mol. The molecule has 0 atom stereocenters. The average Bonchev–Trinajstić information content (AvgIpc) is 2.97. The van der Waals surface area contributed by atoms with Crippen LogP contribution in [0.25, 0.3) is 0 Å². The van der Waals surface area contributed by atoms with Crippen LogP contribution in [-0.2, 0) is 4.79 Å². The van der Waals surface area contributed by atoms with Crippen LogP contribution in [0.2, 0.25) is 0 Å². The number of amides is 2. The topological polar surface area (TPSA) is 84.2 Å². The molecule has 110 valence electrons. The average molecular weight is 303 g/mol. The van der Waals surface area contributed by atoms with E-state index in [4.69, 9.17) is 5.73 Å². The van der Waals surface area contributed by atoms with E-state index < -0.39 is 0 Å². The summed E-state index contributed by atoms with van der Waals surface area (Å²) in [5.41, 5.74) is 7.59. The third-order valence-electron chi connectivity index (χ3n) is 2.89. The standard InChI is InChI=1S/C15H17N3O2S/c1-10-4-5-11(17-14(19)6-7-16)9-12(10)18-15(20)13-3-2-8-21-13/h2-5,8-9H,6-7,16H2,1H3,(H,17,19)(H,18,20). The number of aryl methyl sites for hydroxylation is 1. The Morgan fingerprint density at radius 1 is 1.24 bits per heavy atom. The molecule has 1 aromatic carbocycles. The number of benzene rings is 1. The Bertz CT molecular complexity index is 638. The van der Waals surface area contributed by atoms with Gasteiger partial charge in [-0.1, -0.05) is 12.1 Å². The number of rotatable bonds is 5. The molecule has 0 aliphatic carbocycles. The number of thiophene rings is 1. The highest BCUT2D eigenvalue weighted by Gasteiger charge is 2.10. The molecule has 0 aliphatic rings. The van der Waals surface area contributed by atoms with E-state index in [1.54, 1.807) is 18.2 Å². The second-order valence-corrected chi connectivity index (χ2v) is 5.50. The number of nitrogens with one attached hydrogen (secondary N) is 2. The Kier molecular flexibility index (Phi) is 5.08. The Labute approximate surface area is 127 Å². The second kappa shape index (κ2) is 7.01. The van der Waals surface area contributed by atoms with E-state index in [0.717, 1.165) is 5.56 Å². The first kappa shape index (κ1) is 15.2. The van der Waals surface area contributed by atoms with E-state index in [1.165, 1.54) is 11.3 Å². The van der Waals surface area contributed by atoms with Crippen molar-refractivity contribution in [2.75, 3.05) is 17.2 Å². The van der Waals surface area contributed by atoms with Crippen molar-refractivity contribution < 1.29 is 9.59 Å². The van der Waals surface area contributed by atoms with Crippen LogP contribution in [0, 0.1) is 6.92 Å². The summed E-state index contributed by atoms with van der Waals surface area (Å²) in [6, 6.07) is 8.99. The monoisotopic (exact) mass is 303 g/mol. The third kappa shape index (κ3) is 4.14. The van der Waals surface area contributed by atoms with Gasteiger partial charge >= 0.3 is 0 Å². The van der Waals surface area contributed by atoms with Crippen LogP contribution in [0.15, 0.2) is 35.7 Å². The molecule has 0 saturated heterocycles. The summed E-state index contributed by atoms with van der Waals surface area (Å²) in [5, 5.41) is 7.46. The zero-order valence-corrected chi connectivity index (χ0v) is 12.5.